The van der Waals surface area contributed by atoms with E-state index in [0.717, 1.165) is 12.1 Å². The summed E-state index contributed by atoms with van der Waals surface area (Å²) in [6, 6.07) is 13.8. The molecule has 2 rings (SSSR count). The lowest BCUT2D eigenvalue weighted by molar-refractivity contribution is 0.594. The highest BCUT2D eigenvalue weighted by Crippen LogP contribution is 2.30. The van der Waals surface area contributed by atoms with Gasteiger partial charge >= 0.3 is 0 Å². The van der Waals surface area contributed by atoms with Crippen molar-refractivity contribution in [2.75, 3.05) is 12.8 Å². The Morgan fingerprint density at radius 2 is 1.95 bits per heavy atom. The van der Waals surface area contributed by atoms with Gasteiger partial charge in [-0.1, -0.05) is 37.3 Å². The second-order valence-electron chi connectivity index (χ2n) is 4.74. The number of benzene rings is 2. The smallest absolute Gasteiger partial charge is 0.126 e. The van der Waals surface area contributed by atoms with Crippen molar-refractivity contribution in [1.29, 1.82) is 0 Å². The van der Waals surface area contributed by atoms with Crippen LogP contribution in [0.3, 0.4) is 0 Å². The molecule has 0 radical (unpaired) electrons. The summed E-state index contributed by atoms with van der Waals surface area (Å²) < 4.78 is 13.8. The van der Waals surface area contributed by atoms with Crippen LogP contribution in [0.1, 0.15) is 29.7 Å². The van der Waals surface area contributed by atoms with E-state index in [1.54, 1.807) is 24.8 Å². The molecule has 2 aromatic carbocycles. The molecule has 1 N–H and O–H groups in total. The Labute approximate surface area is 124 Å². The van der Waals surface area contributed by atoms with E-state index in [2.05, 4.69) is 30.6 Å². The topological polar surface area (TPSA) is 12.0 Å². The lowest BCUT2D eigenvalue weighted by Crippen LogP contribution is -2.22. The molecule has 0 spiro atoms. The maximum Gasteiger partial charge on any atom is 0.126 e. The molecule has 0 bridgehead atoms. The number of halogens is 1. The summed E-state index contributed by atoms with van der Waals surface area (Å²) in [7, 11) is 0. The lowest BCUT2D eigenvalue weighted by Gasteiger charge is -2.21. The zero-order valence-corrected chi connectivity index (χ0v) is 12.9. The summed E-state index contributed by atoms with van der Waals surface area (Å²) in [4.78, 5) is 1.22. The third-order valence-corrected chi connectivity index (χ3v) is 4.20. The summed E-state index contributed by atoms with van der Waals surface area (Å²) in [5.74, 6) is -0.146. The first-order valence-electron chi connectivity index (χ1n) is 6.79. The first kappa shape index (κ1) is 15.1. The quantitative estimate of drug-likeness (QED) is 0.810. The minimum absolute atomic E-state index is 0.0266. The zero-order chi connectivity index (χ0) is 14.5. The fourth-order valence-electron chi connectivity index (χ4n) is 2.31. The van der Waals surface area contributed by atoms with Crippen molar-refractivity contribution in [2.24, 2.45) is 0 Å². The number of hydrogen-bond donors (Lipinski definition) is 1. The first-order valence-corrected chi connectivity index (χ1v) is 8.02. The molecular weight excluding hydrogens is 269 g/mol. The minimum atomic E-state index is -0.146. The summed E-state index contributed by atoms with van der Waals surface area (Å²) in [6.45, 7) is 4.69. The van der Waals surface area contributed by atoms with Crippen LogP contribution in [0.5, 0.6) is 0 Å². The predicted octanol–water partition coefficient (Wildman–Crippen LogP) is 4.55. The van der Waals surface area contributed by atoms with E-state index in [0.29, 0.717) is 5.56 Å². The van der Waals surface area contributed by atoms with Gasteiger partial charge in [0.2, 0.25) is 0 Å². The van der Waals surface area contributed by atoms with Gasteiger partial charge in [0.25, 0.3) is 0 Å². The first-order chi connectivity index (χ1) is 9.67. The zero-order valence-electron chi connectivity index (χ0n) is 12.1. The Balaban J connectivity index is 2.47. The molecule has 1 nitrogen and oxygen atoms in total. The molecule has 0 aromatic heterocycles. The van der Waals surface area contributed by atoms with E-state index in [9.17, 15) is 4.39 Å². The van der Waals surface area contributed by atoms with Gasteiger partial charge in [0.05, 0.1) is 6.04 Å². The maximum absolute atomic E-state index is 13.8. The van der Waals surface area contributed by atoms with E-state index < -0.39 is 0 Å². The van der Waals surface area contributed by atoms with Crippen molar-refractivity contribution in [1.82, 2.24) is 5.32 Å². The summed E-state index contributed by atoms with van der Waals surface area (Å²) >= 11 is 1.72. The molecule has 2 aromatic rings. The standard InChI is InChI=1S/C17H20FNS/c1-4-19-17(13-10-9-12(2)15(18)11-13)14-7-5-6-8-16(14)20-3/h5-11,17,19H,4H2,1-3H3. The van der Waals surface area contributed by atoms with Crippen LogP contribution >= 0.6 is 11.8 Å². The molecule has 0 aliphatic carbocycles. The lowest BCUT2D eigenvalue weighted by atomic mass is 9.97. The molecule has 0 aliphatic heterocycles. The molecule has 1 atom stereocenters. The van der Waals surface area contributed by atoms with Gasteiger partial charge in [-0.2, -0.15) is 0 Å². The fourth-order valence-corrected chi connectivity index (χ4v) is 2.94. The van der Waals surface area contributed by atoms with Gasteiger partial charge in [-0.25, -0.2) is 4.39 Å². The largest absolute Gasteiger partial charge is 0.306 e. The second kappa shape index (κ2) is 6.91. The van der Waals surface area contributed by atoms with Crippen LogP contribution < -0.4 is 5.32 Å². The number of hydrogen-bond acceptors (Lipinski definition) is 2. The average molecular weight is 289 g/mol. The predicted molar refractivity (Wildman–Crippen MR) is 84.9 cm³/mol. The summed E-state index contributed by atoms with van der Waals surface area (Å²) in [5.41, 5.74) is 2.85. The molecule has 0 heterocycles. The van der Waals surface area contributed by atoms with E-state index in [-0.39, 0.29) is 11.9 Å². The van der Waals surface area contributed by atoms with Crippen LogP contribution in [0.4, 0.5) is 4.39 Å². The SMILES string of the molecule is CCNC(c1ccc(C)c(F)c1)c1ccccc1SC. The molecular formula is C17H20FNS. The Morgan fingerprint density at radius 1 is 1.20 bits per heavy atom. The Morgan fingerprint density at radius 3 is 2.60 bits per heavy atom. The van der Waals surface area contributed by atoms with Crippen molar-refractivity contribution in [2.45, 2.75) is 24.8 Å². The van der Waals surface area contributed by atoms with Crippen LogP contribution in [-0.2, 0) is 0 Å². The van der Waals surface area contributed by atoms with E-state index in [4.69, 9.17) is 0 Å². The number of aryl methyl sites for hydroxylation is 1. The Bertz CT molecular complexity index is 583. The number of thioether (sulfide) groups is 1. The van der Waals surface area contributed by atoms with Gasteiger partial charge in [0, 0.05) is 4.90 Å². The molecule has 20 heavy (non-hydrogen) atoms. The molecule has 3 heteroatoms. The second-order valence-corrected chi connectivity index (χ2v) is 5.59. The molecule has 0 amide bonds. The normalized spacial score (nSPS) is 12.4. The molecule has 0 aliphatic rings. The van der Waals surface area contributed by atoms with E-state index >= 15 is 0 Å². The highest BCUT2D eigenvalue weighted by molar-refractivity contribution is 7.98. The fraction of sp³-hybridized carbons (Fsp3) is 0.294. The van der Waals surface area contributed by atoms with Crippen LogP contribution in [0.2, 0.25) is 0 Å². The van der Waals surface area contributed by atoms with Gasteiger partial charge in [0.15, 0.2) is 0 Å². The molecule has 0 saturated heterocycles. The summed E-state index contributed by atoms with van der Waals surface area (Å²) in [6.07, 6.45) is 2.07. The van der Waals surface area contributed by atoms with Crippen LogP contribution in [-0.4, -0.2) is 12.8 Å². The molecule has 1 unspecified atom stereocenters. The highest BCUT2D eigenvalue weighted by Gasteiger charge is 2.17. The van der Waals surface area contributed by atoms with Crippen molar-refractivity contribution in [3.63, 3.8) is 0 Å². The minimum Gasteiger partial charge on any atom is -0.306 e. The van der Waals surface area contributed by atoms with Gasteiger partial charge < -0.3 is 5.32 Å². The monoisotopic (exact) mass is 289 g/mol. The summed E-state index contributed by atoms with van der Waals surface area (Å²) in [5, 5.41) is 3.46. The van der Waals surface area contributed by atoms with Crippen LogP contribution in [0, 0.1) is 12.7 Å². The van der Waals surface area contributed by atoms with Gasteiger partial charge in [-0.3, -0.25) is 0 Å². The molecule has 0 fully saturated rings. The van der Waals surface area contributed by atoms with Crippen LogP contribution in [0.15, 0.2) is 47.4 Å². The van der Waals surface area contributed by atoms with Gasteiger partial charge in [-0.15, -0.1) is 11.8 Å². The molecule has 0 saturated carbocycles. The van der Waals surface area contributed by atoms with Gasteiger partial charge in [0.1, 0.15) is 5.82 Å². The third kappa shape index (κ3) is 3.22. The Kier molecular flexibility index (Phi) is 5.21. The van der Waals surface area contributed by atoms with Crippen molar-refractivity contribution in [3.05, 3.63) is 65.0 Å². The van der Waals surface area contributed by atoms with Crippen molar-refractivity contribution in [3.8, 4) is 0 Å². The van der Waals surface area contributed by atoms with Crippen LogP contribution in [0.25, 0.3) is 0 Å². The number of nitrogens with one attached hydrogen (secondary N) is 1. The van der Waals surface area contributed by atoms with Crippen molar-refractivity contribution < 1.29 is 4.39 Å². The number of rotatable bonds is 5. The molecule has 106 valence electrons. The maximum atomic E-state index is 13.8. The van der Waals surface area contributed by atoms with Crippen molar-refractivity contribution >= 4 is 11.8 Å². The highest BCUT2D eigenvalue weighted by atomic mass is 32.2. The van der Waals surface area contributed by atoms with Gasteiger partial charge in [-0.05, 0) is 48.5 Å². The Hall–Kier alpha value is -1.32. The van der Waals surface area contributed by atoms with E-state index in [1.807, 2.05) is 24.3 Å². The third-order valence-electron chi connectivity index (χ3n) is 3.39. The van der Waals surface area contributed by atoms with E-state index in [1.165, 1.54) is 10.5 Å². The average Bonchev–Trinajstić information content (AvgIpc) is 2.48.